The maximum Gasteiger partial charge on any atom is 0.148 e. The summed E-state index contributed by atoms with van der Waals surface area (Å²) < 4.78 is 19.9. The lowest BCUT2D eigenvalue weighted by Gasteiger charge is -2.10. The first-order chi connectivity index (χ1) is 8.06. The zero-order valence-electron chi connectivity index (χ0n) is 9.37. The Labute approximate surface area is 103 Å². The van der Waals surface area contributed by atoms with Crippen molar-refractivity contribution < 1.29 is 9.13 Å². The first kappa shape index (κ1) is 11.7. The van der Waals surface area contributed by atoms with Crippen LogP contribution in [0.25, 0.3) is 11.1 Å². The minimum Gasteiger partial charge on any atom is -0.494 e. The fraction of sp³-hybridized carbons (Fsp3) is 0.182. The van der Waals surface area contributed by atoms with Gasteiger partial charge >= 0.3 is 0 Å². The summed E-state index contributed by atoms with van der Waals surface area (Å²) in [5.41, 5.74) is 7.13. The van der Waals surface area contributed by atoms with Gasteiger partial charge in [-0.15, -0.1) is 0 Å². The van der Waals surface area contributed by atoms with Gasteiger partial charge in [-0.1, -0.05) is 11.6 Å². The van der Waals surface area contributed by atoms with Gasteiger partial charge in [-0.25, -0.2) is 4.39 Å². The summed E-state index contributed by atoms with van der Waals surface area (Å²) in [6.45, 7) is 0. The molecule has 6 heteroatoms. The largest absolute Gasteiger partial charge is 0.494 e. The molecular formula is C11H11ClFN3O. The van der Waals surface area contributed by atoms with Gasteiger partial charge in [-0.3, -0.25) is 4.68 Å². The molecule has 1 aromatic carbocycles. The maximum atomic E-state index is 13.3. The van der Waals surface area contributed by atoms with Crippen molar-refractivity contribution in [1.82, 2.24) is 9.78 Å². The molecule has 0 aliphatic heterocycles. The Kier molecular flexibility index (Phi) is 2.93. The van der Waals surface area contributed by atoms with Crippen molar-refractivity contribution in [1.29, 1.82) is 0 Å². The average molecular weight is 256 g/mol. The normalized spacial score (nSPS) is 10.6. The predicted octanol–water partition coefficient (Wildman–Crippen LogP) is 2.47. The van der Waals surface area contributed by atoms with Crippen LogP contribution in [0.5, 0.6) is 5.75 Å². The number of nitrogens with two attached hydrogens (primary N) is 1. The fourth-order valence-corrected chi connectivity index (χ4v) is 1.84. The number of methoxy groups -OCH3 is 1. The lowest BCUT2D eigenvalue weighted by Crippen LogP contribution is -1.99. The molecule has 0 aliphatic carbocycles. The molecule has 0 saturated heterocycles. The molecule has 0 fully saturated rings. The van der Waals surface area contributed by atoms with Crippen molar-refractivity contribution in [2.24, 2.45) is 7.05 Å². The molecule has 2 aromatic rings. The number of rotatable bonds is 2. The molecule has 0 atom stereocenters. The highest BCUT2D eigenvalue weighted by atomic mass is 35.5. The van der Waals surface area contributed by atoms with E-state index in [9.17, 15) is 4.39 Å². The summed E-state index contributed by atoms with van der Waals surface area (Å²) in [5.74, 6) is 0.187. The number of benzene rings is 1. The van der Waals surface area contributed by atoms with E-state index in [1.54, 1.807) is 19.3 Å². The van der Waals surface area contributed by atoms with Crippen LogP contribution in [0.4, 0.5) is 10.2 Å². The Bertz CT molecular complexity index is 568. The number of ether oxygens (including phenoxy) is 1. The van der Waals surface area contributed by atoms with E-state index in [0.29, 0.717) is 16.9 Å². The topological polar surface area (TPSA) is 53.1 Å². The highest BCUT2D eigenvalue weighted by molar-refractivity contribution is 6.32. The van der Waals surface area contributed by atoms with Crippen molar-refractivity contribution in [2.75, 3.05) is 12.8 Å². The number of halogens is 2. The number of aromatic nitrogens is 2. The van der Waals surface area contributed by atoms with E-state index in [1.807, 2.05) is 0 Å². The Morgan fingerprint density at radius 1 is 1.41 bits per heavy atom. The molecule has 4 nitrogen and oxygen atoms in total. The van der Waals surface area contributed by atoms with E-state index in [0.717, 1.165) is 0 Å². The Balaban J connectivity index is 2.68. The van der Waals surface area contributed by atoms with E-state index in [1.165, 1.54) is 17.9 Å². The molecule has 2 rings (SSSR count). The predicted molar refractivity (Wildman–Crippen MR) is 64.6 cm³/mol. The van der Waals surface area contributed by atoms with Crippen molar-refractivity contribution in [2.45, 2.75) is 0 Å². The minimum absolute atomic E-state index is 0.0618. The zero-order valence-corrected chi connectivity index (χ0v) is 10.1. The average Bonchev–Trinajstić information content (AvgIpc) is 2.64. The third kappa shape index (κ3) is 1.82. The van der Waals surface area contributed by atoms with Gasteiger partial charge in [0.15, 0.2) is 0 Å². The van der Waals surface area contributed by atoms with Crippen LogP contribution >= 0.6 is 11.6 Å². The van der Waals surface area contributed by atoms with Crippen LogP contribution in [0, 0.1) is 5.82 Å². The highest BCUT2D eigenvalue weighted by Crippen LogP contribution is 2.39. The monoisotopic (exact) mass is 255 g/mol. The lowest BCUT2D eigenvalue weighted by molar-refractivity contribution is 0.413. The molecule has 1 heterocycles. The van der Waals surface area contributed by atoms with E-state index in [4.69, 9.17) is 22.1 Å². The molecule has 1 aromatic heterocycles. The molecule has 0 aliphatic rings. The summed E-state index contributed by atoms with van der Waals surface area (Å²) in [4.78, 5) is 0. The standard InChI is InChI=1S/C11H11ClFN3O/c1-16-11(14)7(5-15-16)6-3-4-8(13)9(12)10(6)17-2/h3-5H,14H2,1-2H3. The zero-order chi connectivity index (χ0) is 12.6. The van der Waals surface area contributed by atoms with Gasteiger partial charge in [0.1, 0.15) is 22.4 Å². The Hall–Kier alpha value is -1.75. The maximum absolute atomic E-state index is 13.3. The quantitative estimate of drug-likeness (QED) is 0.897. The van der Waals surface area contributed by atoms with Gasteiger partial charge in [0, 0.05) is 18.2 Å². The number of hydrogen-bond donors (Lipinski definition) is 1. The Morgan fingerprint density at radius 2 is 2.12 bits per heavy atom. The molecule has 2 N–H and O–H groups in total. The van der Waals surface area contributed by atoms with Gasteiger partial charge in [0.25, 0.3) is 0 Å². The van der Waals surface area contributed by atoms with Gasteiger partial charge in [-0.05, 0) is 12.1 Å². The smallest absolute Gasteiger partial charge is 0.148 e. The lowest BCUT2D eigenvalue weighted by atomic mass is 10.1. The second-order valence-electron chi connectivity index (χ2n) is 3.51. The SMILES string of the molecule is COc1c(-c2cnn(C)c2N)ccc(F)c1Cl. The van der Waals surface area contributed by atoms with Crippen LogP contribution < -0.4 is 10.5 Å². The fourth-order valence-electron chi connectivity index (χ4n) is 1.60. The van der Waals surface area contributed by atoms with E-state index in [-0.39, 0.29) is 10.8 Å². The van der Waals surface area contributed by atoms with Crippen LogP contribution in [0.3, 0.4) is 0 Å². The third-order valence-corrected chi connectivity index (χ3v) is 2.88. The van der Waals surface area contributed by atoms with Crippen LogP contribution in [0.15, 0.2) is 18.3 Å². The van der Waals surface area contributed by atoms with E-state index in [2.05, 4.69) is 5.10 Å². The second-order valence-corrected chi connectivity index (χ2v) is 3.89. The van der Waals surface area contributed by atoms with Crippen LogP contribution in [-0.4, -0.2) is 16.9 Å². The van der Waals surface area contributed by atoms with Gasteiger partial charge < -0.3 is 10.5 Å². The number of nitrogens with zero attached hydrogens (tertiary/aromatic N) is 2. The van der Waals surface area contributed by atoms with Crippen LogP contribution in [0.1, 0.15) is 0 Å². The molecule has 17 heavy (non-hydrogen) atoms. The van der Waals surface area contributed by atoms with Gasteiger partial charge in [0.2, 0.25) is 0 Å². The number of aryl methyl sites for hydroxylation is 1. The van der Waals surface area contributed by atoms with Crippen LogP contribution in [0.2, 0.25) is 5.02 Å². The van der Waals surface area contributed by atoms with Crippen LogP contribution in [-0.2, 0) is 7.05 Å². The molecule has 0 radical (unpaired) electrons. The van der Waals surface area contributed by atoms with Crippen molar-refractivity contribution in [3.05, 3.63) is 29.2 Å². The molecular weight excluding hydrogens is 245 g/mol. The number of hydrogen-bond acceptors (Lipinski definition) is 3. The van der Waals surface area contributed by atoms with Crippen molar-refractivity contribution in [3.63, 3.8) is 0 Å². The van der Waals surface area contributed by atoms with Gasteiger partial charge in [0.05, 0.1) is 13.3 Å². The summed E-state index contributed by atoms with van der Waals surface area (Å²) >= 11 is 5.84. The number of nitrogen functional groups attached to an aromatic ring is 1. The molecule has 0 unspecified atom stereocenters. The molecule has 0 saturated carbocycles. The summed E-state index contributed by atoms with van der Waals surface area (Å²) in [6.07, 6.45) is 1.58. The highest BCUT2D eigenvalue weighted by Gasteiger charge is 2.17. The van der Waals surface area contributed by atoms with Crippen molar-refractivity contribution in [3.8, 4) is 16.9 Å². The first-order valence-electron chi connectivity index (χ1n) is 4.86. The molecule has 90 valence electrons. The molecule has 0 amide bonds. The van der Waals surface area contributed by atoms with E-state index < -0.39 is 5.82 Å². The third-order valence-electron chi connectivity index (χ3n) is 2.53. The second kappa shape index (κ2) is 4.25. The Morgan fingerprint density at radius 3 is 2.65 bits per heavy atom. The molecule has 0 spiro atoms. The number of anilines is 1. The van der Waals surface area contributed by atoms with Gasteiger partial charge in [-0.2, -0.15) is 5.10 Å². The van der Waals surface area contributed by atoms with Crippen molar-refractivity contribution >= 4 is 17.4 Å². The molecule has 0 bridgehead atoms. The summed E-state index contributed by atoms with van der Waals surface area (Å²) in [7, 11) is 3.15. The summed E-state index contributed by atoms with van der Waals surface area (Å²) in [6, 6.07) is 2.83. The summed E-state index contributed by atoms with van der Waals surface area (Å²) in [5, 5.41) is 3.96. The van der Waals surface area contributed by atoms with E-state index >= 15 is 0 Å². The first-order valence-corrected chi connectivity index (χ1v) is 5.24. The minimum atomic E-state index is -0.533.